The second-order valence-corrected chi connectivity index (χ2v) is 1.96. The lowest BCUT2D eigenvalue weighted by atomic mass is 10.3. The molecule has 1 unspecified atom stereocenters. The predicted octanol–water partition coefficient (Wildman–Crippen LogP) is -0.106. The molecule has 0 aliphatic heterocycles. The predicted molar refractivity (Wildman–Crippen MR) is 28.8 cm³/mol. The van der Waals surface area contributed by atoms with Crippen molar-refractivity contribution in [1.29, 1.82) is 0 Å². The normalized spacial score (nSPS) is 14.0. The summed E-state index contributed by atoms with van der Waals surface area (Å²) in [5.74, 6) is -1.03. The maximum Gasteiger partial charge on any atom is 0.372 e. The highest BCUT2D eigenvalue weighted by Gasteiger charge is 2.13. The lowest BCUT2D eigenvalue weighted by Gasteiger charge is -2.12. The molecule has 0 bridgehead atoms. The minimum atomic E-state index is -1.03. The van der Waals surface area contributed by atoms with E-state index in [1.165, 1.54) is 0 Å². The van der Waals surface area contributed by atoms with Gasteiger partial charge >= 0.3 is 5.97 Å². The van der Waals surface area contributed by atoms with Gasteiger partial charge < -0.3 is 0 Å². The van der Waals surface area contributed by atoms with Crippen molar-refractivity contribution < 1.29 is 9.90 Å². The Balaban J connectivity index is 3.64. The molecule has 0 amide bonds. The number of nitrogens with zero attached hydrogens (tertiary/aromatic N) is 1. The molecule has 0 aromatic heterocycles. The average molecular weight is 116 g/mol. The maximum atomic E-state index is 9.99. The molecule has 0 N–H and O–H groups in total. The van der Waals surface area contributed by atoms with Crippen molar-refractivity contribution in [3.8, 4) is 0 Å². The molecule has 0 fully saturated rings. The standard InChI is InChI=1S/C5H10NO2/c1-4(5(7)8)6(2)3/h4H,1-3H3. The van der Waals surface area contributed by atoms with Crippen molar-refractivity contribution in [1.82, 2.24) is 4.90 Å². The molecule has 1 atom stereocenters. The first-order valence-electron chi connectivity index (χ1n) is 2.43. The molecule has 8 heavy (non-hydrogen) atoms. The molecular formula is C5H10NO2. The van der Waals surface area contributed by atoms with Gasteiger partial charge in [0.05, 0.1) is 0 Å². The van der Waals surface area contributed by atoms with E-state index in [4.69, 9.17) is 0 Å². The molecule has 47 valence electrons. The lowest BCUT2D eigenvalue weighted by molar-refractivity contribution is -0.147. The Morgan fingerprint density at radius 2 is 1.88 bits per heavy atom. The molecule has 0 aliphatic rings. The fourth-order valence-corrected chi connectivity index (χ4v) is 0.211. The van der Waals surface area contributed by atoms with Gasteiger partial charge in [0.1, 0.15) is 6.04 Å². The Bertz CT molecular complexity index is 90.4. The highest BCUT2D eigenvalue weighted by molar-refractivity contribution is 5.72. The zero-order valence-corrected chi connectivity index (χ0v) is 5.34. The summed E-state index contributed by atoms with van der Waals surface area (Å²) in [7, 11) is 3.39. The Labute approximate surface area is 48.9 Å². The van der Waals surface area contributed by atoms with Crippen LogP contribution in [0.1, 0.15) is 6.92 Å². The molecule has 0 spiro atoms. The Kier molecular flexibility index (Phi) is 2.48. The van der Waals surface area contributed by atoms with Crippen LogP contribution in [0.15, 0.2) is 0 Å². The fraction of sp³-hybridized carbons (Fsp3) is 0.800. The molecule has 0 aliphatic carbocycles. The maximum absolute atomic E-state index is 9.99. The summed E-state index contributed by atoms with van der Waals surface area (Å²) in [5.41, 5.74) is 0. The van der Waals surface area contributed by atoms with Crippen LogP contribution in [-0.2, 0) is 9.90 Å². The smallest absolute Gasteiger partial charge is 0.297 e. The Hall–Kier alpha value is -0.570. The quantitative estimate of drug-likeness (QED) is 0.505. The minimum absolute atomic E-state index is 0.491. The zero-order valence-electron chi connectivity index (χ0n) is 5.34. The Morgan fingerprint density at radius 3 is 1.88 bits per heavy atom. The van der Waals surface area contributed by atoms with Crippen LogP contribution in [0.3, 0.4) is 0 Å². The third-order valence-electron chi connectivity index (χ3n) is 1.12. The van der Waals surface area contributed by atoms with E-state index in [1.807, 2.05) is 0 Å². The monoisotopic (exact) mass is 116 g/mol. The summed E-state index contributed by atoms with van der Waals surface area (Å²) < 4.78 is 0. The van der Waals surface area contributed by atoms with E-state index in [2.05, 4.69) is 0 Å². The van der Waals surface area contributed by atoms with E-state index >= 15 is 0 Å². The second kappa shape index (κ2) is 2.67. The van der Waals surface area contributed by atoms with Gasteiger partial charge in [0.2, 0.25) is 0 Å². The molecule has 3 nitrogen and oxygen atoms in total. The third kappa shape index (κ3) is 1.93. The second-order valence-electron chi connectivity index (χ2n) is 1.96. The number of carbonyl (C=O) groups excluding carboxylic acids is 1. The fourth-order valence-electron chi connectivity index (χ4n) is 0.211. The first-order valence-corrected chi connectivity index (χ1v) is 2.43. The van der Waals surface area contributed by atoms with Crippen LogP contribution in [0.4, 0.5) is 0 Å². The van der Waals surface area contributed by atoms with Crippen molar-refractivity contribution in [3.05, 3.63) is 0 Å². The molecule has 1 radical (unpaired) electrons. The van der Waals surface area contributed by atoms with Gasteiger partial charge in [0.15, 0.2) is 0 Å². The molecule has 0 rings (SSSR count). The highest BCUT2D eigenvalue weighted by atomic mass is 16.4. The van der Waals surface area contributed by atoms with Crippen LogP contribution < -0.4 is 0 Å². The van der Waals surface area contributed by atoms with Crippen LogP contribution in [0.5, 0.6) is 0 Å². The Morgan fingerprint density at radius 1 is 1.50 bits per heavy atom. The summed E-state index contributed by atoms with van der Waals surface area (Å²) in [5, 5.41) is 9.99. The van der Waals surface area contributed by atoms with E-state index < -0.39 is 12.0 Å². The van der Waals surface area contributed by atoms with Crippen molar-refractivity contribution in [2.45, 2.75) is 13.0 Å². The topological polar surface area (TPSA) is 40.2 Å². The van der Waals surface area contributed by atoms with Gasteiger partial charge in [-0.05, 0) is 21.0 Å². The van der Waals surface area contributed by atoms with E-state index in [9.17, 15) is 9.90 Å². The molecule has 0 aromatic carbocycles. The van der Waals surface area contributed by atoms with Gasteiger partial charge in [-0.15, -0.1) is 0 Å². The summed E-state index contributed by atoms with van der Waals surface area (Å²) in [6, 6.07) is -0.491. The molecule has 0 saturated heterocycles. The van der Waals surface area contributed by atoms with Crippen LogP contribution in [0.2, 0.25) is 0 Å². The third-order valence-corrected chi connectivity index (χ3v) is 1.12. The molecule has 0 aromatic rings. The van der Waals surface area contributed by atoms with Crippen molar-refractivity contribution in [2.75, 3.05) is 14.1 Å². The number of hydrogen-bond acceptors (Lipinski definition) is 2. The number of hydrogen-bond donors (Lipinski definition) is 0. The van der Waals surface area contributed by atoms with E-state index in [0.29, 0.717) is 0 Å². The minimum Gasteiger partial charge on any atom is -0.297 e. The van der Waals surface area contributed by atoms with Crippen LogP contribution in [-0.4, -0.2) is 31.0 Å². The van der Waals surface area contributed by atoms with Gasteiger partial charge in [-0.25, -0.2) is 9.90 Å². The molecular weight excluding hydrogens is 106 g/mol. The summed E-state index contributed by atoms with van der Waals surface area (Å²) in [6.07, 6.45) is 0. The SMILES string of the molecule is CC(C([O])=O)N(C)C. The molecule has 3 heteroatoms. The van der Waals surface area contributed by atoms with E-state index in [-0.39, 0.29) is 0 Å². The summed E-state index contributed by atoms with van der Waals surface area (Å²) >= 11 is 0. The van der Waals surface area contributed by atoms with Gasteiger partial charge in [-0.1, -0.05) is 0 Å². The van der Waals surface area contributed by atoms with E-state index in [1.54, 1.807) is 25.9 Å². The average Bonchev–Trinajstić information content (AvgIpc) is 1.64. The van der Waals surface area contributed by atoms with E-state index in [0.717, 1.165) is 0 Å². The number of likely N-dealkylation sites (N-methyl/N-ethyl adjacent to an activating group) is 1. The summed E-state index contributed by atoms with van der Waals surface area (Å²) in [6.45, 7) is 1.58. The van der Waals surface area contributed by atoms with Gasteiger partial charge in [-0.2, -0.15) is 0 Å². The van der Waals surface area contributed by atoms with Crippen molar-refractivity contribution in [2.24, 2.45) is 0 Å². The lowest BCUT2D eigenvalue weighted by Crippen LogP contribution is -2.31. The van der Waals surface area contributed by atoms with Gasteiger partial charge in [0.25, 0.3) is 0 Å². The number of rotatable bonds is 2. The van der Waals surface area contributed by atoms with Gasteiger partial charge in [-0.3, -0.25) is 4.90 Å². The molecule has 0 heterocycles. The number of carbonyl (C=O) groups is 1. The highest BCUT2D eigenvalue weighted by Crippen LogP contribution is 1.89. The van der Waals surface area contributed by atoms with Gasteiger partial charge in [0, 0.05) is 0 Å². The van der Waals surface area contributed by atoms with Crippen LogP contribution >= 0.6 is 0 Å². The molecule has 0 saturated carbocycles. The first kappa shape index (κ1) is 7.43. The van der Waals surface area contributed by atoms with Crippen LogP contribution in [0, 0.1) is 0 Å². The van der Waals surface area contributed by atoms with Crippen LogP contribution in [0.25, 0.3) is 0 Å². The van der Waals surface area contributed by atoms with Crippen molar-refractivity contribution in [3.63, 3.8) is 0 Å². The summed E-state index contributed by atoms with van der Waals surface area (Å²) in [4.78, 5) is 11.6. The zero-order chi connectivity index (χ0) is 6.73. The van der Waals surface area contributed by atoms with Crippen molar-refractivity contribution >= 4 is 5.97 Å². The largest absolute Gasteiger partial charge is 0.372 e. The first-order chi connectivity index (χ1) is 3.55.